The SMILES string of the molecule is c1ccc(-c2ccccc2N(c2ccc3c(c2)c(-c2ccccc2)c(-c2ccccc2)c2ccccc23)c2cccc3oc4ccccc4c23)cc1. The molecule has 0 unspecified atom stereocenters. The van der Waals surface area contributed by atoms with E-state index in [0.29, 0.717) is 0 Å². The third-order valence-corrected chi connectivity index (χ3v) is 10.2. The highest BCUT2D eigenvalue weighted by molar-refractivity contribution is 6.22. The molecule has 0 aliphatic rings. The van der Waals surface area contributed by atoms with Crippen molar-refractivity contribution in [1.82, 2.24) is 0 Å². The third-order valence-electron chi connectivity index (χ3n) is 10.2. The molecule has 0 saturated heterocycles. The average Bonchev–Trinajstić information content (AvgIpc) is 3.61. The summed E-state index contributed by atoms with van der Waals surface area (Å²) in [4.78, 5) is 2.43. The average molecular weight is 664 g/mol. The highest BCUT2D eigenvalue weighted by Gasteiger charge is 2.24. The fourth-order valence-corrected chi connectivity index (χ4v) is 8.01. The van der Waals surface area contributed by atoms with Crippen LogP contribution in [0, 0.1) is 0 Å². The summed E-state index contributed by atoms with van der Waals surface area (Å²) in [6.07, 6.45) is 0. The summed E-state index contributed by atoms with van der Waals surface area (Å²) in [6.45, 7) is 0. The molecule has 1 aromatic heterocycles. The summed E-state index contributed by atoms with van der Waals surface area (Å²) < 4.78 is 6.46. The van der Waals surface area contributed by atoms with Gasteiger partial charge in [-0.1, -0.05) is 164 Å². The Labute approximate surface area is 302 Å². The third kappa shape index (κ3) is 4.88. The number of hydrogen-bond donors (Lipinski definition) is 0. The van der Waals surface area contributed by atoms with Crippen LogP contribution in [0.1, 0.15) is 0 Å². The van der Waals surface area contributed by atoms with E-state index in [-0.39, 0.29) is 0 Å². The van der Waals surface area contributed by atoms with E-state index in [1.807, 2.05) is 6.07 Å². The number of nitrogens with zero attached hydrogens (tertiary/aromatic N) is 1. The zero-order valence-electron chi connectivity index (χ0n) is 28.4. The molecule has 0 amide bonds. The van der Waals surface area contributed by atoms with E-state index in [1.165, 1.54) is 43.8 Å². The van der Waals surface area contributed by atoms with Crippen LogP contribution in [0.5, 0.6) is 0 Å². The minimum atomic E-state index is 0.865. The van der Waals surface area contributed by atoms with E-state index in [9.17, 15) is 0 Å². The number of rotatable bonds is 6. The summed E-state index contributed by atoms with van der Waals surface area (Å²) >= 11 is 0. The van der Waals surface area contributed by atoms with Crippen molar-refractivity contribution in [3.8, 4) is 33.4 Å². The van der Waals surface area contributed by atoms with Gasteiger partial charge in [-0.05, 0) is 85.8 Å². The number of para-hydroxylation sites is 2. The smallest absolute Gasteiger partial charge is 0.137 e. The van der Waals surface area contributed by atoms with Gasteiger partial charge in [-0.25, -0.2) is 0 Å². The first kappa shape index (κ1) is 30.0. The molecule has 0 aliphatic heterocycles. The summed E-state index contributed by atoms with van der Waals surface area (Å²) in [5.74, 6) is 0. The van der Waals surface area contributed by atoms with E-state index < -0.39 is 0 Å². The van der Waals surface area contributed by atoms with E-state index in [1.54, 1.807) is 0 Å². The predicted octanol–water partition coefficient (Wildman–Crippen LogP) is 14.4. The Hall–Kier alpha value is -6.90. The Morgan fingerprint density at radius 3 is 1.58 bits per heavy atom. The van der Waals surface area contributed by atoms with Crippen LogP contribution in [-0.4, -0.2) is 0 Å². The topological polar surface area (TPSA) is 16.4 Å². The van der Waals surface area contributed by atoms with Gasteiger partial charge in [0, 0.05) is 16.6 Å². The lowest BCUT2D eigenvalue weighted by Gasteiger charge is -2.29. The second-order valence-electron chi connectivity index (χ2n) is 13.2. The molecule has 0 aliphatic carbocycles. The summed E-state index contributed by atoms with van der Waals surface area (Å²) in [6, 6.07) is 71.7. The maximum Gasteiger partial charge on any atom is 0.137 e. The van der Waals surface area contributed by atoms with Gasteiger partial charge >= 0.3 is 0 Å². The Morgan fingerprint density at radius 1 is 0.327 bits per heavy atom. The summed E-state index contributed by atoms with van der Waals surface area (Å²) in [7, 11) is 0. The minimum Gasteiger partial charge on any atom is -0.456 e. The quantitative estimate of drug-likeness (QED) is 0.165. The fourth-order valence-electron chi connectivity index (χ4n) is 8.01. The molecule has 0 atom stereocenters. The van der Waals surface area contributed by atoms with Gasteiger partial charge in [0.05, 0.1) is 16.8 Å². The van der Waals surface area contributed by atoms with Crippen LogP contribution < -0.4 is 4.90 Å². The maximum absolute atomic E-state index is 6.46. The highest BCUT2D eigenvalue weighted by atomic mass is 16.3. The first-order chi connectivity index (χ1) is 25.8. The lowest BCUT2D eigenvalue weighted by molar-refractivity contribution is 0.669. The maximum atomic E-state index is 6.46. The molecular weight excluding hydrogens is 631 g/mol. The molecule has 1 heterocycles. The van der Waals surface area contributed by atoms with Gasteiger partial charge in [0.2, 0.25) is 0 Å². The fraction of sp³-hybridized carbons (Fsp3) is 0. The Kier molecular flexibility index (Phi) is 7.18. The minimum absolute atomic E-state index is 0.865. The number of fused-ring (bicyclic) bond motifs is 6. The highest BCUT2D eigenvalue weighted by Crippen LogP contribution is 2.49. The Morgan fingerprint density at radius 2 is 0.846 bits per heavy atom. The van der Waals surface area contributed by atoms with Crippen LogP contribution in [0.2, 0.25) is 0 Å². The van der Waals surface area contributed by atoms with Crippen LogP contribution in [0.3, 0.4) is 0 Å². The van der Waals surface area contributed by atoms with Gasteiger partial charge in [-0.2, -0.15) is 0 Å². The van der Waals surface area contributed by atoms with E-state index in [0.717, 1.165) is 50.1 Å². The zero-order chi connectivity index (χ0) is 34.4. The zero-order valence-corrected chi connectivity index (χ0v) is 28.4. The van der Waals surface area contributed by atoms with Crippen LogP contribution in [0.25, 0.3) is 76.9 Å². The van der Waals surface area contributed by atoms with Gasteiger partial charge in [-0.3, -0.25) is 0 Å². The molecule has 10 aromatic rings. The van der Waals surface area contributed by atoms with Crippen molar-refractivity contribution in [2.24, 2.45) is 0 Å². The molecule has 9 aromatic carbocycles. The van der Waals surface area contributed by atoms with Crippen molar-refractivity contribution in [3.63, 3.8) is 0 Å². The van der Waals surface area contributed by atoms with Gasteiger partial charge in [0.15, 0.2) is 0 Å². The molecule has 0 spiro atoms. The molecule has 244 valence electrons. The van der Waals surface area contributed by atoms with Gasteiger partial charge in [0.25, 0.3) is 0 Å². The van der Waals surface area contributed by atoms with Crippen molar-refractivity contribution in [3.05, 3.63) is 200 Å². The Bertz CT molecular complexity index is 2890. The van der Waals surface area contributed by atoms with Crippen molar-refractivity contribution < 1.29 is 4.42 Å². The molecule has 10 rings (SSSR count). The van der Waals surface area contributed by atoms with E-state index in [2.05, 4.69) is 199 Å². The number of anilines is 3. The molecule has 2 heteroatoms. The van der Waals surface area contributed by atoms with Gasteiger partial charge in [0.1, 0.15) is 11.2 Å². The first-order valence-corrected chi connectivity index (χ1v) is 17.8. The van der Waals surface area contributed by atoms with Crippen molar-refractivity contribution in [2.75, 3.05) is 4.90 Å². The Balaban J connectivity index is 1.34. The molecule has 2 nitrogen and oxygen atoms in total. The molecular formula is C50H33NO. The van der Waals surface area contributed by atoms with E-state index in [4.69, 9.17) is 4.42 Å². The standard InChI is InChI=1S/C50H33NO/c1-4-17-34(18-5-1)38-23-12-14-27-44(38)51(45-28-16-30-47-50(45)42-26-13-15-29-46(42)52-47)37-31-32-40-39-24-10-11-25-41(39)48(35-19-6-2-7-20-35)49(43(40)33-37)36-21-8-3-9-22-36/h1-33H. The van der Waals surface area contributed by atoms with Crippen LogP contribution in [-0.2, 0) is 0 Å². The second kappa shape index (κ2) is 12.5. The van der Waals surface area contributed by atoms with E-state index >= 15 is 0 Å². The molecule has 0 bridgehead atoms. The van der Waals surface area contributed by atoms with Crippen molar-refractivity contribution in [2.45, 2.75) is 0 Å². The molecule has 52 heavy (non-hydrogen) atoms. The van der Waals surface area contributed by atoms with Crippen LogP contribution in [0.4, 0.5) is 17.1 Å². The van der Waals surface area contributed by atoms with Crippen molar-refractivity contribution >= 4 is 60.5 Å². The normalized spacial score (nSPS) is 11.5. The summed E-state index contributed by atoms with van der Waals surface area (Å²) in [5, 5.41) is 7.09. The first-order valence-electron chi connectivity index (χ1n) is 17.8. The van der Waals surface area contributed by atoms with Crippen molar-refractivity contribution in [1.29, 1.82) is 0 Å². The number of benzene rings is 9. The second-order valence-corrected chi connectivity index (χ2v) is 13.2. The van der Waals surface area contributed by atoms with Crippen LogP contribution >= 0.6 is 0 Å². The van der Waals surface area contributed by atoms with Crippen LogP contribution in [0.15, 0.2) is 205 Å². The number of furan rings is 1. The monoisotopic (exact) mass is 663 g/mol. The van der Waals surface area contributed by atoms with Gasteiger partial charge in [-0.15, -0.1) is 0 Å². The number of hydrogen-bond acceptors (Lipinski definition) is 2. The summed E-state index contributed by atoms with van der Waals surface area (Å²) in [5.41, 5.74) is 12.1. The molecule has 0 saturated carbocycles. The lowest BCUT2D eigenvalue weighted by Crippen LogP contribution is -2.11. The molecule has 0 radical (unpaired) electrons. The predicted molar refractivity (Wildman–Crippen MR) is 220 cm³/mol. The molecule has 0 fully saturated rings. The lowest BCUT2D eigenvalue weighted by atomic mass is 9.85. The largest absolute Gasteiger partial charge is 0.456 e. The molecule has 0 N–H and O–H groups in total. The van der Waals surface area contributed by atoms with Gasteiger partial charge < -0.3 is 9.32 Å².